The van der Waals surface area contributed by atoms with Crippen LogP contribution < -0.4 is 5.73 Å². The number of rotatable bonds is 2. The number of aromatic hydroxyl groups is 1. The molecule has 0 spiro atoms. The monoisotopic (exact) mass is 237 g/mol. The lowest BCUT2D eigenvalue weighted by Crippen LogP contribution is -2.15. The third-order valence-corrected chi connectivity index (χ3v) is 2.80. The van der Waals surface area contributed by atoms with E-state index in [2.05, 4.69) is 0 Å². The summed E-state index contributed by atoms with van der Waals surface area (Å²) in [4.78, 5) is 0. The van der Waals surface area contributed by atoms with Crippen molar-refractivity contribution >= 4 is 22.4 Å². The van der Waals surface area contributed by atoms with Gasteiger partial charge in [-0.2, -0.15) is 0 Å². The molecule has 0 amide bonds. The van der Waals surface area contributed by atoms with E-state index in [4.69, 9.17) is 22.4 Å². The van der Waals surface area contributed by atoms with E-state index < -0.39 is 6.04 Å². The summed E-state index contributed by atoms with van der Waals surface area (Å²) in [5.74, 6) is 0.0939. The summed E-state index contributed by atoms with van der Waals surface area (Å²) in [6.07, 6.45) is 0. The average Bonchev–Trinajstić information content (AvgIpc) is 2.28. The minimum Gasteiger partial charge on any atom is -0.508 e. The number of aliphatic hydroxyl groups is 1. The third kappa shape index (κ3) is 1.85. The maximum atomic E-state index is 9.76. The Balaban J connectivity index is 2.74. The Morgan fingerprint density at radius 1 is 1.25 bits per heavy atom. The van der Waals surface area contributed by atoms with E-state index in [-0.39, 0.29) is 12.4 Å². The molecule has 0 heterocycles. The summed E-state index contributed by atoms with van der Waals surface area (Å²) in [6, 6.07) is 8.06. The number of fused-ring (bicyclic) bond motifs is 1. The van der Waals surface area contributed by atoms with Crippen molar-refractivity contribution < 1.29 is 10.2 Å². The van der Waals surface area contributed by atoms with Crippen LogP contribution in [-0.4, -0.2) is 16.8 Å². The molecule has 0 aliphatic rings. The van der Waals surface area contributed by atoms with E-state index in [0.717, 1.165) is 10.8 Å². The molecule has 0 radical (unpaired) electrons. The minimum atomic E-state index is -0.593. The van der Waals surface area contributed by atoms with Crippen LogP contribution in [0.25, 0.3) is 10.8 Å². The fourth-order valence-corrected chi connectivity index (χ4v) is 1.97. The molecule has 2 aromatic rings. The number of phenolic OH excluding ortho intramolecular Hbond substituents is 1. The van der Waals surface area contributed by atoms with E-state index in [1.807, 2.05) is 0 Å². The van der Waals surface area contributed by atoms with Gasteiger partial charge >= 0.3 is 0 Å². The van der Waals surface area contributed by atoms with Crippen LogP contribution in [0.5, 0.6) is 5.75 Å². The van der Waals surface area contributed by atoms with Gasteiger partial charge in [0.2, 0.25) is 0 Å². The van der Waals surface area contributed by atoms with Gasteiger partial charge in [-0.3, -0.25) is 0 Å². The molecule has 0 fully saturated rings. The number of nitrogens with two attached hydrogens (primary N) is 1. The van der Waals surface area contributed by atoms with Gasteiger partial charge in [0.05, 0.1) is 12.6 Å². The normalized spacial score (nSPS) is 12.9. The summed E-state index contributed by atoms with van der Waals surface area (Å²) in [5, 5.41) is 21.2. The Morgan fingerprint density at radius 2 is 2.00 bits per heavy atom. The number of aliphatic hydroxyl groups excluding tert-OH is 1. The molecule has 0 aliphatic carbocycles. The van der Waals surface area contributed by atoms with Gasteiger partial charge in [-0.1, -0.05) is 23.7 Å². The lowest BCUT2D eigenvalue weighted by molar-refractivity contribution is 0.266. The highest BCUT2D eigenvalue weighted by atomic mass is 35.5. The van der Waals surface area contributed by atoms with Crippen LogP contribution in [0.4, 0.5) is 0 Å². The van der Waals surface area contributed by atoms with Crippen LogP contribution >= 0.6 is 11.6 Å². The molecule has 4 N–H and O–H groups in total. The zero-order valence-electron chi connectivity index (χ0n) is 8.52. The first-order valence-electron chi connectivity index (χ1n) is 4.91. The van der Waals surface area contributed by atoms with Crippen LogP contribution in [0, 0.1) is 0 Å². The summed E-state index contributed by atoms with van der Waals surface area (Å²) < 4.78 is 0. The van der Waals surface area contributed by atoms with E-state index >= 15 is 0 Å². The lowest BCUT2D eigenvalue weighted by atomic mass is 9.98. The quantitative estimate of drug-likeness (QED) is 0.750. The Morgan fingerprint density at radius 3 is 2.69 bits per heavy atom. The molecule has 16 heavy (non-hydrogen) atoms. The van der Waals surface area contributed by atoms with Crippen molar-refractivity contribution in [1.29, 1.82) is 0 Å². The largest absolute Gasteiger partial charge is 0.508 e. The highest BCUT2D eigenvalue weighted by molar-refractivity contribution is 6.31. The summed E-state index contributed by atoms with van der Waals surface area (Å²) >= 11 is 5.88. The molecular weight excluding hydrogens is 226 g/mol. The van der Waals surface area contributed by atoms with Crippen molar-refractivity contribution in [3.63, 3.8) is 0 Å². The molecule has 4 heteroatoms. The predicted molar refractivity (Wildman–Crippen MR) is 64.6 cm³/mol. The van der Waals surface area contributed by atoms with Gasteiger partial charge in [0.25, 0.3) is 0 Å². The summed E-state index contributed by atoms with van der Waals surface area (Å²) in [5.41, 5.74) is 6.31. The SMILES string of the molecule is NC(CO)c1c(O)ccc2cc(Cl)ccc12. The van der Waals surface area contributed by atoms with Crippen LogP contribution in [-0.2, 0) is 0 Å². The molecule has 2 aromatic carbocycles. The van der Waals surface area contributed by atoms with Gasteiger partial charge in [-0.15, -0.1) is 0 Å². The summed E-state index contributed by atoms with van der Waals surface area (Å²) in [6.45, 7) is -0.213. The lowest BCUT2D eigenvalue weighted by Gasteiger charge is -2.14. The number of phenols is 1. The van der Waals surface area contributed by atoms with Crippen molar-refractivity contribution in [3.05, 3.63) is 40.9 Å². The number of halogens is 1. The number of hydrogen-bond acceptors (Lipinski definition) is 3. The fraction of sp³-hybridized carbons (Fsp3) is 0.167. The molecule has 1 atom stereocenters. The Hall–Kier alpha value is -1.29. The Labute approximate surface area is 98.1 Å². The Kier molecular flexibility index (Phi) is 3.01. The first-order valence-corrected chi connectivity index (χ1v) is 5.29. The van der Waals surface area contributed by atoms with Crippen molar-refractivity contribution in [2.24, 2.45) is 5.73 Å². The minimum absolute atomic E-state index is 0.0939. The van der Waals surface area contributed by atoms with Gasteiger partial charge in [0.15, 0.2) is 0 Å². The first kappa shape index (κ1) is 11.2. The molecule has 0 bridgehead atoms. The van der Waals surface area contributed by atoms with Crippen molar-refractivity contribution in [1.82, 2.24) is 0 Å². The van der Waals surface area contributed by atoms with Gasteiger partial charge in [0, 0.05) is 10.6 Å². The summed E-state index contributed by atoms with van der Waals surface area (Å²) in [7, 11) is 0. The number of benzene rings is 2. The molecule has 0 saturated heterocycles. The highest BCUT2D eigenvalue weighted by Gasteiger charge is 2.13. The third-order valence-electron chi connectivity index (χ3n) is 2.57. The average molecular weight is 238 g/mol. The van der Waals surface area contributed by atoms with Crippen LogP contribution in [0.15, 0.2) is 30.3 Å². The van der Waals surface area contributed by atoms with Gasteiger partial charge in [-0.05, 0) is 29.0 Å². The smallest absolute Gasteiger partial charge is 0.121 e. The zero-order valence-corrected chi connectivity index (χ0v) is 9.28. The van der Waals surface area contributed by atoms with Crippen LogP contribution in [0.2, 0.25) is 5.02 Å². The standard InChI is InChI=1S/C12H12ClNO2/c13-8-2-3-9-7(5-8)1-4-11(16)12(9)10(14)6-15/h1-5,10,15-16H,6,14H2. The molecule has 0 saturated carbocycles. The van der Waals surface area contributed by atoms with Crippen LogP contribution in [0.3, 0.4) is 0 Å². The predicted octanol–water partition coefficient (Wildman–Crippen LogP) is 2.19. The topological polar surface area (TPSA) is 66.5 Å². The van der Waals surface area contributed by atoms with Crippen molar-refractivity contribution in [2.75, 3.05) is 6.61 Å². The second-order valence-electron chi connectivity index (χ2n) is 3.65. The molecule has 2 rings (SSSR count). The van der Waals surface area contributed by atoms with Crippen molar-refractivity contribution in [3.8, 4) is 5.75 Å². The second-order valence-corrected chi connectivity index (χ2v) is 4.09. The molecule has 84 valence electrons. The molecule has 3 nitrogen and oxygen atoms in total. The zero-order chi connectivity index (χ0) is 11.7. The van der Waals surface area contributed by atoms with E-state index in [1.54, 1.807) is 30.3 Å². The second kappa shape index (κ2) is 4.29. The molecule has 1 unspecified atom stereocenters. The molecule has 0 aromatic heterocycles. The Bertz CT molecular complexity index is 528. The molecule has 0 aliphatic heterocycles. The van der Waals surface area contributed by atoms with Crippen LogP contribution in [0.1, 0.15) is 11.6 Å². The van der Waals surface area contributed by atoms with Crippen molar-refractivity contribution in [2.45, 2.75) is 6.04 Å². The highest BCUT2D eigenvalue weighted by Crippen LogP contribution is 2.32. The van der Waals surface area contributed by atoms with E-state index in [0.29, 0.717) is 10.6 Å². The van der Waals surface area contributed by atoms with Gasteiger partial charge in [-0.25, -0.2) is 0 Å². The number of hydrogen-bond donors (Lipinski definition) is 3. The first-order chi connectivity index (χ1) is 7.63. The van der Waals surface area contributed by atoms with E-state index in [1.165, 1.54) is 0 Å². The van der Waals surface area contributed by atoms with Gasteiger partial charge in [0.1, 0.15) is 5.75 Å². The maximum Gasteiger partial charge on any atom is 0.121 e. The molecular formula is C12H12ClNO2. The van der Waals surface area contributed by atoms with Gasteiger partial charge < -0.3 is 15.9 Å². The maximum absolute atomic E-state index is 9.76. The fourth-order valence-electron chi connectivity index (χ4n) is 1.79. The van der Waals surface area contributed by atoms with E-state index in [9.17, 15) is 5.11 Å².